The third kappa shape index (κ3) is 1.32. The van der Waals surface area contributed by atoms with Crippen molar-refractivity contribution in [1.29, 1.82) is 0 Å². The van der Waals surface area contributed by atoms with Gasteiger partial charge in [0.1, 0.15) is 0 Å². The number of fused-ring (bicyclic) bond motifs is 1. The number of hydrogen-bond acceptors (Lipinski definition) is 1. The Hall–Kier alpha value is 0.390. The minimum atomic E-state index is -1.43. The van der Waals surface area contributed by atoms with Crippen LogP contribution in [0.5, 0.6) is 0 Å². The van der Waals surface area contributed by atoms with Gasteiger partial charge < -0.3 is 0 Å². The summed E-state index contributed by atoms with van der Waals surface area (Å²) in [6.45, 7) is 4.26. The van der Waals surface area contributed by atoms with Gasteiger partial charge in [-0.3, -0.25) is 0 Å². The van der Waals surface area contributed by atoms with Crippen molar-refractivity contribution in [1.82, 2.24) is 0 Å². The Morgan fingerprint density at radius 1 is 1.33 bits per heavy atom. The number of rotatable bonds is 0. The van der Waals surface area contributed by atoms with Crippen molar-refractivity contribution >= 4 is 30.7 Å². The number of hydrogen-bond donors (Lipinski definition) is 0. The third-order valence-corrected chi connectivity index (χ3v) is 8.27. The molecule has 3 heteroatoms. The molecule has 1 aliphatic rings. The quantitative estimate of drug-likeness (QED) is 0.652. The van der Waals surface area contributed by atoms with E-state index >= 15 is 0 Å². The normalized spacial score (nSPS) is 22.4. The first-order valence-corrected chi connectivity index (χ1v) is 10.6. The van der Waals surface area contributed by atoms with E-state index in [0.29, 0.717) is 0 Å². The molecule has 1 aliphatic heterocycles. The van der Waals surface area contributed by atoms with Gasteiger partial charge in [-0.25, -0.2) is 0 Å². The van der Waals surface area contributed by atoms with Gasteiger partial charge in [-0.05, 0) is 0 Å². The van der Waals surface area contributed by atoms with Gasteiger partial charge in [0.25, 0.3) is 0 Å². The van der Waals surface area contributed by atoms with Crippen LogP contribution in [0, 0.1) is 3.57 Å². The van der Waals surface area contributed by atoms with Crippen LogP contribution in [-0.4, -0.2) is 0 Å². The molecule has 0 bridgehead atoms. The summed E-state index contributed by atoms with van der Waals surface area (Å²) in [5.74, 6) is 0. The van der Waals surface area contributed by atoms with E-state index in [9.17, 15) is 0 Å². The van der Waals surface area contributed by atoms with Crippen LogP contribution >= 0.6 is 30.7 Å². The molecule has 0 saturated carbocycles. The zero-order chi connectivity index (χ0) is 8.77. The van der Waals surface area contributed by atoms with E-state index in [1.54, 1.807) is 0 Å². The molecule has 0 atom stereocenters. The Morgan fingerprint density at radius 2 is 2.00 bits per heavy atom. The fourth-order valence-corrected chi connectivity index (χ4v) is 8.35. The maximum atomic E-state index is 5.89. The van der Waals surface area contributed by atoms with Gasteiger partial charge in [0, 0.05) is 0 Å². The van der Waals surface area contributed by atoms with E-state index in [4.69, 9.17) is 3.07 Å². The maximum absolute atomic E-state index is 5.89. The van der Waals surface area contributed by atoms with Crippen molar-refractivity contribution < 1.29 is 3.07 Å². The molecule has 0 aromatic heterocycles. The van der Waals surface area contributed by atoms with Gasteiger partial charge in [-0.2, -0.15) is 0 Å². The summed E-state index contributed by atoms with van der Waals surface area (Å²) in [5, 5.41) is 0. The molecule has 0 N–H and O–H groups in total. The van der Waals surface area contributed by atoms with Crippen LogP contribution < -0.4 is 0 Å². The topological polar surface area (TPSA) is 9.23 Å². The van der Waals surface area contributed by atoms with E-state index in [-0.39, 0.29) is 5.60 Å². The Morgan fingerprint density at radius 3 is 2.67 bits per heavy atom. The molecule has 0 fully saturated rings. The zero-order valence-corrected chi connectivity index (χ0v) is 10.7. The molecular formula is C9H10BrIO. The van der Waals surface area contributed by atoms with Crippen molar-refractivity contribution in [2.75, 3.05) is 0 Å². The second kappa shape index (κ2) is 2.96. The summed E-state index contributed by atoms with van der Waals surface area (Å²) in [6, 6.07) is 8.49. The molecule has 66 valence electrons. The fraction of sp³-hybridized carbons (Fsp3) is 0.333. The molecule has 1 aromatic rings. The summed E-state index contributed by atoms with van der Waals surface area (Å²) < 4.78 is 7.30. The van der Waals surface area contributed by atoms with Crippen LogP contribution in [0.15, 0.2) is 24.3 Å². The summed E-state index contributed by atoms with van der Waals surface area (Å²) >= 11 is 2.22. The summed E-state index contributed by atoms with van der Waals surface area (Å²) in [7, 11) is 0. The van der Waals surface area contributed by atoms with Crippen LogP contribution in [0.2, 0.25) is 0 Å². The molecule has 0 unspecified atom stereocenters. The molecule has 1 heterocycles. The molecule has 1 aromatic carbocycles. The molecule has 12 heavy (non-hydrogen) atoms. The van der Waals surface area contributed by atoms with Crippen molar-refractivity contribution in [3.63, 3.8) is 0 Å². The number of halogens is 2. The van der Waals surface area contributed by atoms with Gasteiger partial charge in [-0.15, -0.1) is 0 Å². The van der Waals surface area contributed by atoms with Gasteiger partial charge in [0.05, 0.1) is 0 Å². The predicted molar refractivity (Wildman–Crippen MR) is 62.2 cm³/mol. The van der Waals surface area contributed by atoms with E-state index in [1.807, 2.05) is 0 Å². The molecule has 0 amide bonds. The van der Waals surface area contributed by atoms with Crippen LogP contribution in [0.3, 0.4) is 0 Å². The molecule has 0 aliphatic carbocycles. The van der Waals surface area contributed by atoms with Gasteiger partial charge >= 0.3 is 86.6 Å². The minimum absolute atomic E-state index is 0.0784. The molecular weight excluding hydrogens is 331 g/mol. The monoisotopic (exact) mass is 340 g/mol. The molecule has 1 nitrogen and oxygen atoms in total. The van der Waals surface area contributed by atoms with Gasteiger partial charge in [0.2, 0.25) is 0 Å². The summed E-state index contributed by atoms with van der Waals surface area (Å²) in [4.78, 5) is 0. The van der Waals surface area contributed by atoms with E-state index in [1.165, 1.54) is 9.13 Å². The van der Waals surface area contributed by atoms with Crippen LogP contribution in [0.1, 0.15) is 19.4 Å². The molecule has 2 rings (SSSR count). The van der Waals surface area contributed by atoms with Crippen molar-refractivity contribution in [2.24, 2.45) is 0 Å². The van der Waals surface area contributed by atoms with E-state index < -0.39 is 18.0 Å². The van der Waals surface area contributed by atoms with Gasteiger partial charge in [-0.1, -0.05) is 0 Å². The molecule has 0 spiro atoms. The average Bonchev–Trinajstić information content (AvgIpc) is 2.25. The van der Waals surface area contributed by atoms with E-state index in [2.05, 4.69) is 50.8 Å². The van der Waals surface area contributed by atoms with Crippen molar-refractivity contribution in [3.05, 3.63) is 33.4 Å². The molecule has 0 radical (unpaired) electrons. The predicted octanol–water partition coefficient (Wildman–Crippen LogP) is 3.85. The van der Waals surface area contributed by atoms with E-state index in [0.717, 1.165) is 0 Å². The number of benzene rings is 1. The second-order valence-electron chi connectivity index (χ2n) is 3.27. The first kappa shape index (κ1) is 8.97. The summed E-state index contributed by atoms with van der Waals surface area (Å²) in [5.41, 5.74) is 1.28. The Kier molecular flexibility index (Phi) is 2.21. The van der Waals surface area contributed by atoms with Crippen molar-refractivity contribution in [2.45, 2.75) is 19.4 Å². The SMILES string of the molecule is CC1(C)OI(Br)c2ccccc21. The Bertz CT molecular complexity index is 311. The Balaban J connectivity index is 2.58. The summed E-state index contributed by atoms with van der Waals surface area (Å²) in [6.07, 6.45) is 0. The van der Waals surface area contributed by atoms with Crippen LogP contribution in [0.4, 0.5) is 0 Å². The standard InChI is InChI=1S/C9H10BrIO/c1-9(2)7-5-3-4-6-8(7)11(10)12-9/h3-6H,1-2H3. The molecule has 0 saturated heterocycles. The second-order valence-corrected chi connectivity index (χ2v) is 9.71. The average molecular weight is 341 g/mol. The van der Waals surface area contributed by atoms with Crippen LogP contribution in [-0.2, 0) is 8.67 Å². The zero-order valence-electron chi connectivity index (χ0n) is 6.97. The first-order valence-electron chi connectivity index (χ1n) is 3.77. The fourth-order valence-electron chi connectivity index (χ4n) is 1.33. The Labute approximate surface area is 86.2 Å². The third-order valence-electron chi connectivity index (χ3n) is 1.94. The van der Waals surface area contributed by atoms with Crippen LogP contribution in [0.25, 0.3) is 0 Å². The first-order chi connectivity index (χ1) is 5.61. The van der Waals surface area contributed by atoms with Gasteiger partial charge in [0.15, 0.2) is 0 Å². The van der Waals surface area contributed by atoms with Crippen molar-refractivity contribution in [3.8, 4) is 0 Å².